The highest BCUT2D eigenvalue weighted by molar-refractivity contribution is 7.80. The van der Waals surface area contributed by atoms with E-state index < -0.39 is 5.41 Å². The lowest BCUT2D eigenvalue weighted by atomic mass is 9.62. The second kappa shape index (κ2) is 9.03. The number of rotatable bonds is 7. The van der Waals surface area contributed by atoms with E-state index in [1.807, 2.05) is 25.1 Å². The van der Waals surface area contributed by atoms with Crippen LogP contribution >= 0.6 is 12.2 Å². The van der Waals surface area contributed by atoms with E-state index in [-0.39, 0.29) is 36.7 Å². The summed E-state index contributed by atoms with van der Waals surface area (Å²) in [5.74, 6) is -0.662. The minimum Gasteiger partial charge on any atom is -0.396 e. The SMILES string of the molecule is C[C@H]1OCC[C@@](CC(=S)CC(=O)c2ccccc2)(c2ccccc2F)[C@@H]1CO. The van der Waals surface area contributed by atoms with Gasteiger partial charge in [0.15, 0.2) is 5.78 Å². The third-order valence-corrected chi connectivity index (χ3v) is 6.07. The van der Waals surface area contributed by atoms with Gasteiger partial charge in [0.1, 0.15) is 5.82 Å². The Balaban J connectivity index is 1.91. The molecule has 0 bridgehead atoms. The van der Waals surface area contributed by atoms with Crippen LogP contribution in [-0.4, -0.2) is 35.1 Å². The molecular formula is C23H25FO3S. The fraction of sp³-hybridized carbons (Fsp3) is 0.391. The molecule has 0 saturated carbocycles. The third-order valence-electron chi connectivity index (χ3n) is 5.78. The Morgan fingerprint density at radius 2 is 1.89 bits per heavy atom. The predicted molar refractivity (Wildman–Crippen MR) is 111 cm³/mol. The Bertz CT molecular complexity index is 839. The first kappa shape index (κ1) is 20.8. The van der Waals surface area contributed by atoms with Crippen molar-refractivity contribution in [1.29, 1.82) is 0 Å². The first-order chi connectivity index (χ1) is 13.5. The van der Waals surface area contributed by atoms with Crippen LogP contribution in [0.15, 0.2) is 54.6 Å². The topological polar surface area (TPSA) is 46.5 Å². The molecule has 3 atom stereocenters. The molecule has 0 amide bonds. The quantitative estimate of drug-likeness (QED) is 0.549. The van der Waals surface area contributed by atoms with Crippen molar-refractivity contribution in [2.75, 3.05) is 13.2 Å². The fourth-order valence-corrected chi connectivity index (χ4v) is 4.72. The normalized spacial score (nSPS) is 24.7. The van der Waals surface area contributed by atoms with E-state index in [1.165, 1.54) is 6.07 Å². The van der Waals surface area contributed by atoms with Gasteiger partial charge in [-0.25, -0.2) is 4.39 Å². The highest BCUT2D eigenvalue weighted by atomic mass is 32.1. The van der Waals surface area contributed by atoms with Crippen molar-refractivity contribution in [2.45, 2.75) is 37.7 Å². The van der Waals surface area contributed by atoms with Crippen LogP contribution in [0.4, 0.5) is 4.39 Å². The van der Waals surface area contributed by atoms with E-state index in [2.05, 4.69) is 0 Å². The number of halogens is 1. The second-order valence-electron chi connectivity index (χ2n) is 7.43. The lowest BCUT2D eigenvalue weighted by molar-refractivity contribution is -0.0779. The molecule has 3 nitrogen and oxygen atoms in total. The van der Waals surface area contributed by atoms with Crippen LogP contribution in [-0.2, 0) is 10.2 Å². The van der Waals surface area contributed by atoms with Crippen molar-refractivity contribution in [3.63, 3.8) is 0 Å². The second-order valence-corrected chi connectivity index (χ2v) is 8.01. The summed E-state index contributed by atoms with van der Waals surface area (Å²) in [6.45, 7) is 2.22. The molecule has 0 spiro atoms. The van der Waals surface area contributed by atoms with Gasteiger partial charge in [0.2, 0.25) is 0 Å². The van der Waals surface area contributed by atoms with E-state index in [9.17, 15) is 14.3 Å². The first-order valence-electron chi connectivity index (χ1n) is 9.55. The van der Waals surface area contributed by atoms with Gasteiger partial charge in [0, 0.05) is 41.4 Å². The minimum atomic E-state index is -0.689. The van der Waals surface area contributed by atoms with Gasteiger partial charge in [-0.15, -0.1) is 0 Å². The van der Waals surface area contributed by atoms with Crippen molar-refractivity contribution < 1.29 is 19.0 Å². The lowest BCUT2D eigenvalue weighted by Crippen LogP contribution is -2.50. The van der Waals surface area contributed by atoms with Gasteiger partial charge < -0.3 is 9.84 Å². The molecule has 0 unspecified atom stereocenters. The van der Waals surface area contributed by atoms with Gasteiger partial charge in [0.25, 0.3) is 0 Å². The number of thiocarbonyl (C=S) groups is 1. The number of carbonyl (C=O) groups is 1. The number of Topliss-reactive ketones (excluding diaryl/α,β-unsaturated/α-hetero) is 1. The molecule has 148 valence electrons. The zero-order valence-corrected chi connectivity index (χ0v) is 16.8. The predicted octanol–water partition coefficient (Wildman–Crippen LogP) is 4.51. The number of aliphatic hydroxyl groups is 1. The number of hydrogen-bond acceptors (Lipinski definition) is 4. The monoisotopic (exact) mass is 400 g/mol. The largest absolute Gasteiger partial charge is 0.396 e. The molecule has 0 aromatic heterocycles. The zero-order chi connectivity index (χ0) is 20.1. The van der Waals surface area contributed by atoms with Crippen LogP contribution in [0.3, 0.4) is 0 Å². The Morgan fingerprint density at radius 1 is 1.21 bits per heavy atom. The van der Waals surface area contributed by atoms with E-state index in [0.717, 1.165) is 0 Å². The number of ether oxygens (including phenoxy) is 1. The molecule has 1 fully saturated rings. The summed E-state index contributed by atoms with van der Waals surface area (Å²) in [6, 6.07) is 15.7. The van der Waals surface area contributed by atoms with Gasteiger partial charge in [-0.05, 0) is 31.4 Å². The molecule has 2 aromatic carbocycles. The summed E-state index contributed by atoms with van der Waals surface area (Å²) < 4.78 is 20.5. The summed E-state index contributed by atoms with van der Waals surface area (Å²) in [4.78, 5) is 13.2. The van der Waals surface area contributed by atoms with Crippen LogP contribution in [0.5, 0.6) is 0 Å². The molecule has 28 heavy (non-hydrogen) atoms. The molecule has 2 aromatic rings. The smallest absolute Gasteiger partial charge is 0.167 e. The van der Waals surface area contributed by atoms with Crippen molar-refractivity contribution >= 4 is 22.9 Å². The van der Waals surface area contributed by atoms with E-state index in [4.69, 9.17) is 17.0 Å². The molecule has 1 saturated heterocycles. The number of aliphatic hydroxyl groups excluding tert-OH is 1. The third kappa shape index (κ3) is 4.22. The van der Waals surface area contributed by atoms with Crippen molar-refractivity contribution in [3.05, 3.63) is 71.5 Å². The fourth-order valence-electron chi connectivity index (χ4n) is 4.33. The number of ketones is 1. The van der Waals surface area contributed by atoms with Crippen LogP contribution in [0.1, 0.15) is 42.1 Å². The molecule has 5 heteroatoms. The Hall–Kier alpha value is -1.95. The lowest BCUT2D eigenvalue weighted by Gasteiger charge is -2.47. The molecule has 1 N–H and O–H groups in total. The van der Waals surface area contributed by atoms with Crippen LogP contribution < -0.4 is 0 Å². The number of carbonyl (C=O) groups excluding carboxylic acids is 1. The van der Waals surface area contributed by atoms with E-state index in [0.29, 0.717) is 35.4 Å². The number of hydrogen-bond donors (Lipinski definition) is 1. The van der Waals surface area contributed by atoms with Crippen LogP contribution in [0.25, 0.3) is 0 Å². The summed E-state index contributed by atoms with van der Waals surface area (Å²) in [5, 5.41) is 10.1. The molecule has 0 aliphatic carbocycles. The van der Waals surface area contributed by atoms with Crippen molar-refractivity contribution in [1.82, 2.24) is 0 Å². The molecule has 0 radical (unpaired) electrons. The van der Waals surface area contributed by atoms with Crippen molar-refractivity contribution in [3.8, 4) is 0 Å². The standard InChI is InChI=1S/C23H25FO3S/c1-16-20(15-25)23(11-12-27-16,19-9-5-6-10-21(19)24)14-18(28)13-22(26)17-7-3-2-4-8-17/h2-10,16,20,25H,11-15H2,1H3/t16-,20-,23-/m1/s1. The average molecular weight is 401 g/mol. The Labute approximate surface area is 170 Å². The Kier molecular flexibility index (Phi) is 6.70. The highest BCUT2D eigenvalue weighted by Crippen LogP contribution is 2.46. The molecule has 1 aliphatic heterocycles. The molecule has 1 heterocycles. The summed E-state index contributed by atoms with van der Waals surface area (Å²) in [6.07, 6.45) is 0.804. The minimum absolute atomic E-state index is 0.0464. The number of benzene rings is 2. The van der Waals surface area contributed by atoms with Crippen LogP contribution in [0.2, 0.25) is 0 Å². The highest BCUT2D eigenvalue weighted by Gasteiger charge is 2.47. The molecule has 3 rings (SSSR count). The average Bonchev–Trinajstić information content (AvgIpc) is 2.69. The Morgan fingerprint density at radius 3 is 2.57 bits per heavy atom. The zero-order valence-electron chi connectivity index (χ0n) is 15.9. The summed E-state index contributed by atoms with van der Waals surface area (Å²) in [7, 11) is 0. The molecule has 1 aliphatic rings. The summed E-state index contributed by atoms with van der Waals surface area (Å²) >= 11 is 5.60. The van der Waals surface area contributed by atoms with Gasteiger partial charge in [-0.3, -0.25) is 4.79 Å². The first-order valence-corrected chi connectivity index (χ1v) is 9.96. The van der Waals surface area contributed by atoms with Crippen molar-refractivity contribution in [2.24, 2.45) is 5.92 Å². The maximum atomic E-state index is 14.8. The van der Waals surface area contributed by atoms with E-state index in [1.54, 1.807) is 30.3 Å². The molecular weight excluding hydrogens is 375 g/mol. The van der Waals surface area contributed by atoms with Crippen LogP contribution in [0, 0.1) is 11.7 Å². The van der Waals surface area contributed by atoms with Gasteiger partial charge >= 0.3 is 0 Å². The van der Waals surface area contributed by atoms with E-state index >= 15 is 0 Å². The maximum Gasteiger partial charge on any atom is 0.167 e. The summed E-state index contributed by atoms with van der Waals surface area (Å²) in [5.41, 5.74) is 0.466. The van der Waals surface area contributed by atoms with Gasteiger partial charge in [0.05, 0.1) is 6.10 Å². The van der Waals surface area contributed by atoms with Gasteiger partial charge in [-0.2, -0.15) is 0 Å². The maximum absolute atomic E-state index is 14.8. The van der Waals surface area contributed by atoms with Gasteiger partial charge in [-0.1, -0.05) is 60.7 Å².